The van der Waals surface area contributed by atoms with Crippen LogP contribution in [0.25, 0.3) is 0 Å². The summed E-state index contributed by atoms with van der Waals surface area (Å²) in [7, 11) is 1.61. The molecule has 0 heterocycles. The van der Waals surface area contributed by atoms with E-state index in [0.29, 0.717) is 19.5 Å². The number of nitrogens with one attached hydrogen (secondary N) is 1. The maximum Gasteiger partial charge on any atom is 0.242 e. The van der Waals surface area contributed by atoms with Crippen LogP contribution in [0.15, 0.2) is 48.5 Å². The molecule has 2 aromatic rings. The average Bonchev–Trinajstić information content (AvgIpc) is 2.70. The first-order valence-corrected chi connectivity index (χ1v) is 9.74. The van der Waals surface area contributed by atoms with Crippen molar-refractivity contribution in [3.63, 3.8) is 0 Å². The number of hydrogen-bond acceptors (Lipinski definition) is 3. The number of ether oxygens (including phenoxy) is 1. The van der Waals surface area contributed by atoms with Crippen LogP contribution in [0.5, 0.6) is 5.75 Å². The highest BCUT2D eigenvalue weighted by Crippen LogP contribution is 2.19. The van der Waals surface area contributed by atoms with E-state index in [1.165, 1.54) is 0 Å². The molecule has 0 saturated carbocycles. The van der Waals surface area contributed by atoms with E-state index < -0.39 is 6.04 Å². The molecule has 0 aliphatic heterocycles. The largest absolute Gasteiger partial charge is 0.497 e. The van der Waals surface area contributed by atoms with Gasteiger partial charge in [-0.2, -0.15) is 0 Å². The fourth-order valence-electron chi connectivity index (χ4n) is 3.25. The van der Waals surface area contributed by atoms with Crippen LogP contribution >= 0.6 is 0 Å². The first kappa shape index (κ1) is 21.5. The fraction of sp³-hybridized carbons (Fsp3) is 0.391. The Balaban J connectivity index is 2.32. The van der Waals surface area contributed by atoms with Crippen molar-refractivity contribution in [2.75, 3.05) is 13.7 Å². The molecule has 0 spiro atoms. The first-order valence-electron chi connectivity index (χ1n) is 9.74. The molecule has 2 aromatic carbocycles. The second kappa shape index (κ2) is 10.5. The summed E-state index contributed by atoms with van der Waals surface area (Å²) in [6.45, 7) is 6.70. The van der Waals surface area contributed by atoms with E-state index in [2.05, 4.69) is 5.32 Å². The molecule has 2 amide bonds. The molecule has 0 fully saturated rings. The minimum atomic E-state index is -0.511. The first-order chi connectivity index (χ1) is 13.5. The highest BCUT2D eigenvalue weighted by Gasteiger charge is 2.28. The number of rotatable bonds is 9. The van der Waals surface area contributed by atoms with Gasteiger partial charge in [-0.3, -0.25) is 9.59 Å². The normalized spacial score (nSPS) is 11.6. The Morgan fingerprint density at radius 2 is 1.86 bits per heavy atom. The lowest BCUT2D eigenvalue weighted by Gasteiger charge is -2.31. The van der Waals surface area contributed by atoms with E-state index in [9.17, 15) is 9.59 Å². The number of likely N-dealkylation sites (N-methyl/N-ethyl adjacent to an activating group) is 1. The molecule has 0 bridgehead atoms. The van der Waals surface area contributed by atoms with Gasteiger partial charge in [-0.25, -0.2) is 0 Å². The topological polar surface area (TPSA) is 58.6 Å². The van der Waals surface area contributed by atoms with Gasteiger partial charge in [0.2, 0.25) is 11.8 Å². The van der Waals surface area contributed by atoms with Crippen molar-refractivity contribution in [3.05, 3.63) is 65.2 Å². The van der Waals surface area contributed by atoms with E-state index in [0.717, 1.165) is 22.4 Å². The van der Waals surface area contributed by atoms with Gasteiger partial charge in [-0.05, 0) is 49.1 Å². The number of aryl methyl sites for hydroxylation is 1. The molecule has 0 aromatic heterocycles. The molecular formula is C23H30N2O3. The van der Waals surface area contributed by atoms with Crippen LogP contribution in [0.2, 0.25) is 0 Å². The quantitative estimate of drug-likeness (QED) is 0.722. The number of carbonyl (C=O) groups is 2. The highest BCUT2D eigenvalue weighted by molar-refractivity contribution is 5.88. The summed E-state index contributed by atoms with van der Waals surface area (Å²) in [4.78, 5) is 27.6. The van der Waals surface area contributed by atoms with Gasteiger partial charge < -0.3 is 15.0 Å². The van der Waals surface area contributed by atoms with Crippen molar-refractivity contribution in [3.8, 4) is 5.75 Å². The maximum absolute atomic E-state index is 13.2. The molecule has 1 N–H and O–H groups in total. The molecule has 150 valence electrons. The fourth-order valence-corrected chi connectivity index (χ4v) is 3.25. The average molecular weight is 383 g/mol. The van der Waals surface area contributed by atoms with Gasteiger partial charge >= 0.3 is 0 Å². The Hall–Kier alpha value is -2.82. The second-order valence-corrected chi connectivity index (χ2v) is 6.80. The summed E-state index contributed by atoms with van der Waals surface area (Å²) in [5.74, 6) is 0.552. The van der Waals surface area contributed by atoms with Crippen LogP contribution in [0.4, 0.5) is 0 Å². The van der Waals surface area contributed by atoms with Gasteiger partial charge in [-0.15, -0.1) is 0 Å². The Kier molecular flexibility index (Phi) is 8.05. The smallest absolute Gasteiger partial charge is 0.242 e. The van der Waals surface area contributed by atoms with Gasteiger partial charge in [0.05, 0.1) is 13.5 Å². The lowest BCUT2D eigenvalue weighted by atomic mass is 10.0. The van der Waals surface area contributed by atoms with Crippen molar-refractivity contribution in [2.24, 2.45) is 0 Å². The number of amides is 2. The minimum Gasteiger partial charge on any atom is -0.497 e. The van der Waals surface area contributed by atoms with E-state index in [-0.39, 0.29) is 18.2 Å². The standard InChI is InChI=1S/C23H30N2O3/c1-5-21(23(27)24-6-2)25(16-18-11-9-13-20(14-18)28-4)22(26)15-19-12-8-7-10-17(19)3/h7-14,21H,5-6,15-16H2,1-4H3,(H,24,27). The van der Waals surface area contributed by atoms with Crippen LogP contribution in [0, 0.1) is 6.92 Å². The zero-order chi connectivity index (χ0) is 20.5. The summed E-state index contributed by atoms with van der Waals surface area (Å²) in [5.41, 5.74) is 2.98. The third-order valence-electron chi connectivity index (χ3n) is 4.83. The maximum atomic E-state index is 13.2. The molecule has 2 rings (SSSR count). The third kappa shape index (κ3) is 5.59. The number of benzene rings is 2. The third-order valence-corrected chi connectivity index (χ3v) is 4.83. The molecule has 0 aliphatic rings. The van der Waals surface area contributed by atoms with Crippen molar-refractivity contribution in [1.82, 2.24) is 10.2 Å². The predicted octanol–water partition coefficient (Wildman–Crippen LogP) is 3.49. The number of methoxy groups -OCH3 is 1. The zero-order valence-corrected chi connectivity index (χ0v) is 17.2. The molecule has 0 radical (unpaired) electrons. The minimum absolute atomic E-state index is 0.0600. The van der Waals surface area contributed by atoms with Crippen LogP contribution in [0.3, 0.4) is 0 Å². The summed E-state index contributed by atoms with van der Waals surface area (Å²) in [6, 6.07) is 14.9. The monoisotopic (exact) mass is 382 g/mol. The van der Waals surface area contributed by atoms with Crippen LogP contribution < -0.4 is 10.1 Å². The molecule has 5 nitrogen and oxygen atoms in total. The number of carbonyl (C=O) groups excluding carboxylic acids is 2. The molecule has 0 aliphatic carbocycles. The van der Waals surface area contributed by atoms with E-state index in [4.69, 9.17) is 4.74 Å². The van der Waals surface area contributed by atoms with E-state index >= 15 is 0 Å². The summed E-state index contributed by atoms with van der Waals surface area (Å²) >= 11 is 0. The van der Waals surface area contributed by atoms with E-state index in [1.54, 1.807) is 12.0 Å². The van der Waals surface area contributed by atoms with Gasteiger partial charge in [0, 0.05) is 13.1 Å². The molecule has 1 atom stereocenters. The van der Waals surface area contributed by atoms with Crippen molar-refractivity contribution < 1.29 is 14.3 Å². The molecule has 5 heteroatoms. The van der Waals surface area contributed by atoms with Gasteiger partial charge in [0.25, 0.3) is 0 Å². The summed E-state index contributed by atoms with van der Waals surface area (Å²) < 4.78 is 5.30. The van der Waals surface area contributed by atoms with Gasteiger partial charge in [-0.1, -0.05) is 43.3 Å². The Labute approximate surface area is 167 Å². The van der Waals surface area contributed by atoms with Gasteiger partial charge in [0.1, 0.15) is 11.8 Å². The number of hydrogen-bond donors (Lipinski definition) is 1. The zero-order valence-electron chi connectivity index (χ0n) is 17.2. The molecular weight excluding hydrogens is 352 g/mol. The molecule has 28 heavy (non-hydrogen) atoms. The van der Waals surface area contributed by atoms with Crippen molar-refractivity contribution in [2.45, 2.75) is 46.2 Å². The lowest BCUT2D eigenvalue weighted by molar-refractivity contribution is -0.140. The summed E-state index contributed by atoms with van der Waals surface area (Å²) in [5, 5.41) is 2.86. The van der Waals surface area contributed by atoms with Crippen LogP contribution in [-0.2, 0) is 22.6 Å². The van der Waals surface area contributed by atoms with Crippen LogP contribution in [0.1, 0.15) is 37.0 Å². The Morgan fingerprint density at radius 3 is 2.50 bits per heavy atom. The van der Waals surface area contributed by atoms with Crippen LogP contribution in [-0.4, -0.2) is 36.4 Å². The highest BCUT2D eigenvalue weighted by atomic mass is 16.5. The van der Waals surface area contributed by atoms with Crippen molar-refractivity contribution >= 4 is 11.8 Å². The lowest BCUT2D eigenvalue weighted by Crippen LogP contribution is -2.49. The molecule has 0 saturated heterocycles. The molecule has 1 unspecified atom stereocenters. The van der Waals surface area contributed by atoms with Gasteiger partial charge in [0.15, 0.2) is 0 Å². The van der Waals surface area contributed by atoms with E-state index in [1.807, 2.05) is 69.3 Å². The second-order valence-electron chi connectivity index (χ2n) is 6.80. The van der Waals surface area contributed by atoms with Crippen molar-refractivity contribution in [1.29, 1.82) is 0 Å². The predicted molar refractivity (Wildman–Crippen MR) is 111 cm³/mol. The number of nitrogens with zero attached hydrogens (tertiary/aromatic N) is 1. The Morgan fingerprint density at radius 1 is 1.11 bits per heavy atom. The summed E-state index contributed by atoms with van der Waals surface area (Å²) in [6.07, 6.45) is 0.821. The Bertz CT molecular complexity index is 804. The SMILES string of the molecule is CCNC(=O)C(CC)N(Cc1cccc(OC)c1)C(=O)Cc1ccccc1C.